The third-order valence-electron chi connectivity index (χ3n) is 3.00. The van der Waals surface area contributed by atoms with E-state index >= 15 is 0 Å². The van der Waals surface area contributed by atoms with Gasteiger partial charge >= 0.3 is 5.97 Å². The molecule has 7 nitrogen and oxygen atoms in total. The first-order valence-corrected chi connectivity index (χ1v) is 7.81. The Morgan fingerprint density at radius 2 is 2.05 bits per heavy atom. The third-order valence-corrected chi connectivity index (χ3v) is 4.80. The lowest BCUT2D eigenvalue weighted by Crippen LogP contribution is -2.38. The van der Waals surface area contributed by atoms with Gasteiger partial charge in [-0.2, -0.15) is 0 Å². The number of esters is 1. The summed E-state index contributed by atoms with van der Waals surface area (Å²) in [6.07, 6.45) is -1.68. The third kappa shape index (κ3) is 2.91. The number of amides is 1. The summed E-state index contributed by atoms with van der Waals surface area (Å²) in [5, 5.41) is 9.78. The van der Waals surface area contributed by atoms with Gasteiger partial charge in [0.05, 0.1) is 31.2 Å². The fraction of sp³-hybridized carbons (Fsp3) is 0.385. The first-order chi connectivity index (χ1) is 9.87. The molecule has 0 aromatic heterocycles. The van der Waals surface area contributed by atoms with Crippen molar-refractivity contribution in [2.24, 2.45) is 0 Å². The van der Waals surface area contributed by atoms with Gasteiger partial charge in [0.25, 0.3) is 15.9 Å². The van der Waals surface area contributed by atoms with Gasteiger partial charge < -0.3 is 9.84 Å². The van der Waals surface area contributed by atoms with Gasteiger partial charge in [-0.25, -0.2) is 12.7 Å². The SMILES string of the molecule is CCOC(=O)CC(O)CN1C(=O)c2ccccc2S1(=O)=O. The van der Waals surface area contributed by atoms with Gasteiger partial charge in [-0.05, 0) is 19.1 Å². The van der Waals surface area contributed by atoms with Crippen LogP contribution >= 0.6 is 0 Å². The van der Waals surface area contributed by atoms with Gasteiger partial charge in [0.2, 0.25) is 0 Å². The molecular formula is C13H15NO6S. The first-order valence-electron chi connectivity index (χ1n) is 6.37. The number of carbonyl (C=O) groups excluding carboxylic acids is 2. The highest BCUT2D eigenvalue weighted by atomic mass is 32.2. The number of carbonyl (C=O) groups is 2. The Kier molecular flexibility index (Phi) is 4.29. The molecule has 1 N–H and O–H groups in total. The van der Waals surface area contributed by atoms with Crippen LogP contribution in [0.25, 0.3) is 0 Å². The molecule has 0 saturated heterocycles. The number of aliphatic hydroxyl groups is 1. The summed E-state index contributed by atoms with van der Waals surface area (Å²) >= 11 is 0. The topological polar surface area (TPSA) is 101 Å². The van der Waals surface area contributed by atoms with Gasteiger partial charge in [-0.1, -0.05) is 12.1 Å². The number of sulfonamides is 1. The van der Waals surface area contributed by atoms with Crippen LogP contribution < -0.4 is 0 Å². The largest absolute Gasteiger partial charge is 0.466 e. The van der Waals surface area contributed by atoms with Crippen molar-refractivity contribution in [3.8, 4) is 0 Å². The van der Waals surface area contributed by atoms with Gasteiger partial charge in [0, 0.05) is 0 Å². The maximum atomic E-state index is 12.2. The lowest BCUT2D eigenvalue weighted by Gasteiger charge is -2.18. The standard InChI is InChI=1S/C13H15NO6S/c1-2-20-12(16)7-9(15)8-14-13(17)10-5-3-4-6-11(10)21(14,18)19/h3-6,9,15H,2,7-8H2,1H3. The molecule has 1 unspecified atom stereocenters. The zero-order valence-corrected chi connectivity index (χ0v) is 12.2. The van der Waals surface area contributed by atoms with E-state index in [-0.39, 0.29) is 23.5 Å². The minimum atomic E-state index is -3.97. The van der Waals surface area contributed by atoms with Crippen molar-refractivity contribution in [2.75, 3.05) is 13.2 Å². The molecule has 0 saturated carbocycles. The van der Waals surface area contributed by atoms with Crippen molar-refractivity contribution >= 4 is 21.9 Å². The predicted molar refractivity (Wildman–Crippen MR) is 71.9 cm³/mol. The molecule has 0 radical (unpaired) electrons. The highest BCUT2D eigenvalue weighted by Crippen LogP contribution is 2.30. The van der Waals surface area contributed by atoms with Gasteiger partial charge in [-0.15, -0.1) is 0 Å². The lowest BCUT2D eigenvalue weighted by molar-refractivity contribution is -0.145. The summed E-state index contributed by atoms with van der Waals surface area (Å²) in [5.41, 5.74) is 0.0702. The molecule has 1 aromatic rings. The Morgan fingerprint density at radius 1 is 1.38 bits per heavy atom. The minimum Gasteiger partial charge on any atom is -0.466 e. The Bertz CT molecular complexity index is 669. The zero-order chi connectivity index (χ0) is 15.6. The van der Waals surface area contributed by atoms with Crippen molar-refractivity contribution in [3.05, 3.63) is 29.8 Å². The Hall–Kier alpha value is -1.93. The number of nitrogens with zero attached hydrogens (tertiary/aromatic N) is 1. The number of hydrogen-bond acceptors (Lipinski definition) is 6. The monoisotopic (exact) mass is 313 g/mol. The second kappa shape index (κ2) is 5.82. The van der Waals surface area contributed by atoms with Crippen LogP contribution in [0.5, 0.6) is 0 Å². The van der Waals surface area contributed by atoms with E-state index in [9.17, 15) is 23.1 Å². The van der Waals surface area contributed by atoms with E-state index in [4.69, 9.17) is 0 Å². The molecule has 1 atom stereocenters. The van der Waals surface area contributed by atoms with Crippen LogP contribution in [-0.4, -0.2) is 49.0 Å². The van der Waals surface area contributed by atoms with Crippen LogP contribution in [0.4, 0.5) is 0 Å². The number of fused-ring (bicyclic) bond motifs is 1. The molecule has 0 spiro atoms. The van der Waals surface area contributed by atoms with Crippen molar-refractivity contribution < 1.29 is 27.9 Å². The number of hydrogen-bond donors (Lipinski definition) is 1. The van der Waals surface area contributed by atoms with Crippen molar-refractivity contribution in [1.82, 2.24) is 4.31 Å². The number of aliphatic hydroxyl groups excluding tert-OH is 1. The second-order valence-electron chi connectivity index (χ2n) is 4.50. The minimum absolute atomic E-state index is 0.0702. The number of rotatable bonds is 5. The van der Waals surface area contributed by atoms with E-state index in [1.807, 2.05) is 0 Å². The Labute approximate surface area is 122 Å². The quantitative estimate of drug-likeness (QED) is 0.776. The zero-order valence-electron chi connectivity index (χ0n) is 11.4. The number of benzene rings is 1. The fourth-order valence-electron chi connectivity index (χ4n) is 2.08. The van der Waals surface area contributed by atoms with E-state index in [0.717, 1.165) is 0 Å². The summed E-state index contributed by atoms with van der Waals surface area (Å²) < 4.78 is 29.7. The van der Waals surface area contributed by atoms with Gasteiger partial charge in [0.1, 0.15) is 4.90 Å². The molecule has 2 rings (SSSR count). The molecule has 8 heteroatoms. The van der Waals surface area contributed by atoms with Crippen LogP contribution in [0.2, 0.25) is 0 Å². The van der Waals surface area contributed by atoms with Crippen LogP contribution in [0.3, 0.4) is 0 Å². The van der Waals surface area contributed by atoms with E-state index in [1.165, 1.54) is 18.2 Å². The van der Waals surface area contributed by atoms with Crippen LogP contribution in [0.1, 0.15) is 23.7 Å². The summed E-state index contributed by atoms with van der Waals surface area (Å²) in [7, 11) is -3.97. The molecular weight excluding hydrogens is 298 g/mol. The van der Waals surface area contributed by atoms with E-state index in [1.54, 1.807) is 13.0 Å². The average Bonchev–Trinajstić information content (AvgIpc) is 2.61. The summed E-state index contributed by atoms with van der Waals surface area (Å²) in [6.45, 7) is 1.31. The van der Waals surface area contributed by atoms with Crippen molar-refractivity contribution in [3.63, 3.8) is 0 Å². The summed E-state index contributed by atoms with van der Waals surface area (Å²) in [4.78, 5) is 23.2. The van der Waals surface area contributed by atoms with E-state index in [0.29, 0.717) is 4.31 Å². The second-order valence-corrected chi connectivity index (χ2v) is 6.33. The van der Waals surface area contributed by atoms with Crippen molar-refractivity contribution in [1.29, 1.82) is 0 Å². The summed E-state index contributed by atoms with van der Waals surface area (Å²) in [5.74, 6) is -1.35. The normalized spacial score (nSPS) is 17.4. The maximum Gasteiger partial charge on any atom is 0.308 e. The van der Waals surface area contributed by atoms with Gasteiger partial charge in [-0.3, -0.25) is 9.59 Å². The van der Waals surface area contributed by atoms with E-state index in [2.05, 4.69) is 4.74 Å². The molecule has 21 heavy (non-hydrogen) atoms. The van der Waals surface area contributed by atoms with Crippen LogP contribution in [-0.2, 0) is 19.6 Å². The molecule has 1 amide bonds. The first kappa shape index (κ1) is 15.5. The summed E-state index contributed by atoms with van der Waals surface area (Å²) in [6, 6.07) is 5.82. The average molecular weight is 313 g/mol. The highest BCUT2D eigenvalue weighted by molar-refractivity contribution is 7.90. The number of ether oxygens (including phenoxy) is 1. The van der Waals surface area contributed by atoms with E-state index < -0.39 is 34.5 Å². The Balaban J connectivity index is 2.16. The molecule has 114 valence electrons. The van der Waals surface area contributed by atoms with Crippen molar-refractivity contribution in [2.45, 2.75) is 24.3 Å². The number of β-amino-alcohol motifs (C(OH)–C–C–N with tert-alkyl or cyclic N) is 1. The van der Waals surface area contributed by atoms with Crippen LogP contribution in [0.15, 0.2) is 29.2 Å². The lowest BCUT2D eigenvalue weighted by atomic mass is 10.2. The molecule has 1 aliphatic heterocycles. The van der Waals surface area contributed by atoms with Gasteiger partial charge in [0.15, 0.2) is 0 Å². The Morgan fingerprint density at radius 3 is 2.67 bits per heavy atom. The molecule has 1 heterocycles. The molecule has 0 aliphatic carbocycles. The predicted octanol–water partition coefficient (Wildman–Crippen LogP) is 0.145. The van der Waals surface area contributed by atoms with Crippen LogP contribution in [0, 0.1) is 0 Å². The fourth-order valence-corrected chi connectivity index (χ4v) is 3.69. The highest BCUT2D eigenvalue weighted by Gasteiger charge is 2.41. The molecule has 0 fully saturated rings. The maximum absolute atomic E-state index is 12.2. The molecule has 0 bridgehead atoms. The molecule has 1 aromatic carbocycles. The smallest absolute Gasteiger partial charge is 0.308 e. The molecule has 1 aliphatic rings.